The molecule has 0 aliphatic carbocycles. The fourth-order valence-corrected chi connectivity index (χ4v) is 5.64. The number of hydrogen-bond acceptors (Lipinski definition) is 2. The van der Waals surface area contributed by atoms with Gasteiger partial charge in [0.15, 0.2) is 16.6 Å². The van der Waals surface area contributed by atoms with Crippen LogP contribution in [0.5, 0.6) is 0 Å². The number of nitrogens with zero attached hydrogens (tertiary/aromatic N) is 3. The van der Waals surface area contributed by atoms with Gasteiger partial charge in [0, 0.05) is 28.1 Å². The van der Waals surface area contributed by atoms with E-state index in [1.165, 1.54) is 33.4 Å². The molecule has 0 aliphatic heterocycles. The summed E-state index contributed by atoms with van der Waals surface area (Å²) in [6, 6.07) is 23.9. The van der Waals surface area contributed by atoms with E-state index in [1.807, 2.05) is 6.07 Å². The maximum atomic E-state index is 6.48. The zero-order valence-electron chi connectivity index (χ0n) is 21.8. The van der Waals surface area contributed by atoms with Gasteiger partial charge >= 0.3 is 0 Å². The predicted octanol–water partition coefficient (Wildman–Crippen LogP) is 7.97. The molecule has 0 atom stereocenters. The molecule has 4 nitrogen and oxygen atoms in total. The molecule has 0 bridgehead atoms. The lowest BCUT2D eigenvalue weighted by Crippen LogP contribution is -2.30. The van der Waals surface area contributed by atoms with Crippen molar-refractivity contribution in [1.29, 1.82) is 0 Å². The first-order valence-electron chi connectivity index (χ1n) is 12.8. The van der Waals surface area contributed by atoms with Crippen molar-refractivity contribution in [2.24, 2.45) is 7.05 Å². The number of fused-ring (bicyclic) bond motifs is 4. The van der Waals surface area contributed by atoms with Gasteiger partial charge in [0.25, 0.3) is 5.82 Å². The Kier molecular flexibility index (Phi) is 5.22. The summed E-state index contributed by atoms with van der Waals surface area (Å²) in [4.78, 5) is 4.52. The van der Waals surface area contributed by atoms with Crippen LogP contribution in [0.15, 0.2) is 77.3 Å². The summed E-state index contributed by atoms with van der Waals surface area (Å²) in [5.41, 5.74) is 10.2. The third-order valence-corrected chi connectivity index (χ3v) is 7.43. The van der Waals surface area contributed by atoms with E-state index in [0.29, 0.717) is 17.5 Å². The molecule has 0 spiro atoms. The lowest BCUT2D eigenvalue weighted by Gasteiger charge is -2.18. The minimum atomic E-state index is 0.380. The van der Waals surface area contributed by atoms with Gasteiger partial charge in [0.05, 0.1) is 7.05 Å². The number of benzene rings is 3. The second-order valence-corrected chi connectivity index (χ2v) is 10.4. The molecule has 3 heterocycles. The normalized spacial score (nSPS) is 12.1. The molecule has 3 aromatic heterocycles. The van der Waals surface area contributed by atoms with Gasteiger partial charge in [-0.1, -0.05) is 70.2 Å². The lowest BCUT2D eigenvalue weighted by molar-refractivity contribution is -0.633. The number of para-hydroxylation sites is 3. The van der Waals surface area contributed by atoms with E-state index in [-0.39, 0.29) is 0 Å². The van der Waals surface area contributed by atoms with Crippen LogP contribution in [-0.2, 0) is 7.05 Å². The first-order chi connectivity index (χ1) is 17.4. The van der Waals surface area contributed by atoms with Crippen LogP contribution in [0.2, 0.25) is 0 Å². The van der Waals surface area contributed by atoms with Crippen molar-refractivity contribution in [2.45, 2.75) is 46.5 Å². The van der Waals surface area contributed by atoms with Crippen molar-refractivity contribution in [1.82, 2.24) is 9.55 Å². The Bertz CT molecular complexity index is 1740. The van der Waals surface area contributed by atoms with Gasteiger partial charge in [0.1, 0.15) is 11.3 Å². The Morgan fingerprint density at radius 3 is 2.25 bits per heavy atom. The Balaban J connectivity index is 1.84. The highest BCUT2D eigenvalue weighted by Gasteiger charge is 2.33. The van der Waals surface area contributed by atoms with E-state index >= 15 is 0 Å². The topological polar surface area (TPSA) is 34.8 Å². The van der Waals surface area contributed by atoms with E-state index in [2.05, 4.69) is 116 Å². The number of aromatic nitrogens is 3. The van der Waals surface area contributed by atoms with Crippen LogP contribution in [0.3, 0.4) is 0 Å². The summed E-state index contributed by atoms with van der Waals surface area (Å²) in [6.45, 7) is 11.3. The van der Waals surface area contributed by atoms with Crippen LogP contribution in [0.1, 0.15) is 56.2 Å². The van der Waals surface area contributed by atoms with Gasteiger partial charge in [-0.2, -0.15) is 4.57 Å². The predicted molar refractivity (Wildman–Crippen MR) is 148 cm³/mol. The van der Waals surface area contributed by atoms with Crippen LogP contribution in [0.25, 0.3) is 50.2 Å². The molecule has 0 saturated heterocycles. The quantitative estimate of drug-likeness (QED) is 0.243. The Labute approximate surface area is 211 Å². The van der Waals surface area contributed by atoms with E-state index in [4.69, 9.17) is 4.42 Å². The molecule has 0 radical (unpaired) electrons. The van der Waals surface area contributed by atoms with Crippen LogP contribution >= 0.6 is 0 Å². The standard InChI is InChI=1S/C32H32N3O/c1-19(2)22-11-9-12-23(20(3)4)29(22)35-27-15-8-7-14-26(27)34(6)32(35)28-21(5)16-17-24-25-13-10-18-33-31(25)36-30(24)28/h7-20H,1-6H3/q+1. The third-order valence-electron chi connectivity index (χ3n) is 7.43. The second-order valence-electron chi connectivity index (χ2n) is 10.4. The highest BCUT2D eigenvalue weighted by Crippen LogP contribution is 2.41. The molecule has 0 fully saturated rings. The number of aryl methyl sites for hydroxylation is 2. The maximum absolute atomic E-state index is 6.48. The number of furan rings is 1. The first-order valence-corrected chi connectivity index (χ1v) is 12.8. The molecule has 3 aromatic carbocycles. The van der Waals surface area contributed by atoms with Gasteiger partial charge in [-0.05, 0) is 48.6 Å². The third kappa shape index (κ3) is 3.21. The summed E-state index contributed by atoms with van der Waals surface area (Å²) >= 11 is 0. The average Bonchev–Trinajstić information content (AvgIpc) is 3.39. The highest BCUT2D eigenvalue weighted by molar-refractivity contribution is 6.08. The van der Waals surface area contributed by atoms with Gasteiger partial charge in [0.2, 0.25) is 5.71 Å². The molecule has 6 rings (SSSR count). The fourth-order valence-electron chi connectivity index (χ4n) is 5.64. The minimum Gasteiger partial charge on any atom is -0.437 e. The lowest BCUT2D eigenvalue weighted by atomic mass is 9.92. The number of pyridine rings is 1. The molecule has 0 aliphatic rings. The fraction of sp³-hybridized carbons (Fsp3) is 0.250. The van der Waals surface area contributed by atoms with E-state index in [1.54, 1.807) is 6.20 Å². The largest absolute Gasteiger partial charge is 0.437 e. The van der Waals surface area contributed by atoms with Crippen LogP contribution < -0.4 is 4.57 Å². The zero-order chi connectivity index (χ0) is 25.1. The van der Waals surface area contributed by atoms with Crippen LogP contribution in [0.4, 0.5) is 0 Å². The van der Waals surface area contributed by atoms with Crippen molar-refractivity contribution in [2.75, 3.05) is 0 Å². The van der Waals surface area contributed by atoms with Crippen molar-refractivity contribution < 1.29 is 8.98 Å². The second kappa shape index (κ2) is 8.34. The molecule has 180 valence electrons. The Morgan fingerprint density at radius 1 is 0.806 bits per heavy atom. The molecule has 4 heteroatoms. The minimum absolute atomic E-state index is 0.380. The Hall–Kier alpha value is -3.92. The molecular formula is C32H32N3O+. The zero-order valence-corrected chi connectivity index (χ0v) is 21.8. The van der Waals surface area contributed by atoms with E-state index in [0.717, 1.165) is 27.7 Å². The van der Waals surface area contributed by atoms with Crippen LogP contribution in [-0.4, -0.2) is 9.55 Å². The molecule has 6 aromatic rings. The molecule has 0 N–H and O–H groups in total. The number of imidazole rings is 1. The Morgan fingerprint density at radius 2 is 1.53 bits per heavy atom. The molecule has 0 unspecified atom stereocenters. The molecular weight excluding hydrogens is 442 g/mol. The molecule has 0 saturated carbocycles. The monoisotopic (exact) mass is 474 g/mol. The van der Waals surface area contributed by atoms with Crippen molar-refractivity contribution in [3.05, 3.63) is 89.6 Å². The number of hydrogen-bond donors (Lipinski definition) is 0. The molecule has 36 heavy (non-hydrogen) atoms. The SMILES string of the molecule is Cc1ccc2c(oc3ncccc32)c1-c1n(-c2c(C(C)C)cccc2C(C)C)c2ccccc2[n+]1C. The highest BCUT2D eigenvalue weighted by atomic mass is 16.3. The van der Waals surface area contributed by atoms with Crippen molar-refractivity contribution >= 4 is 33.1 Å². The number of rotatable bonds is 4. The van der Waals surface area contributed by atoms with E-state index < -0.39 is 0 Å². The summed E-state index contributed by atoms with van der Waals surface area (Å²) in [6.07, 6.45) is 1.79. The average molecular weight is 475 g/mol. The van der Waals surface area contributed by atoms with Gasteiger partial charge in [-0.3, -0.25) is 0 Å². The summed E-state index contributed by atoms with van der Waals surface area (Å²) in [5, 5.41) is 2.14. The summed E-state index contributed by atoms with van der Waals surface area (Å²) < 4.78 is 11.3. The van der Waals surface area contributed by atoms with Crippen molar-refractivity contribution in [3.63, 3.8) is 0 Å². The van der Waals surface area contributed by atoms with Gasteiger partial charge in [-0.15, -0.1) is 0 Å². The maximum Gasteiger partial charge on any atom is 0.299 e. The van der Waals surface area contributed by atoms with Gasteiger partial charge < -0.3 is 4.42 Å². The first kappa shape index (κ1) is 22.5. The molecule has 0 amide bonds. The van der Waals surface area contributed by atoms with E-state index in [9.17, 15) is 0 Å². The summed E-state index contributed by atoms with van der Waals surface area (Å²) in [7, 11) is 2.17. The summed E-state index contributed by atoms with van der Waals surface area (Å²) in [5.74, 6) is 1.88. The smallest absolute Gasteiger partial charge is 0.299 e. The van der Waals surface area contributed by atoms with Crippen LogP contribution in [0, 0.1) is 6.92 Å². The van der Waals surface area contributed by atoms with Gasteiger partial charge in [-0.25, -0.2) is 9.55 Å². The van der Waals surface area contributed by atoms with Crippen molar-refractivity contribution in [3.8, 4) is 17.1 Å².